The lowest BCUT2D eigenvalue weighted by Crippen LogP contribution is -2.32. The zero-order valence-electron chi connectivity index (χ0n) is 9.50. The predicted molar refractivity (Wildman–Crippen MR) is 57.6 cm³/mol. The number of amides is 3. The smallest absolute Gasteiger partial charge is 0.287 e. The zero-order valence-corrected chi connectivity index (χ0v) is 9.50. The Balaban J connectivity index is 1.94. The zero-order chi connectivity index (χ0) is 13.1. The van der Waals surface area contributed by atoms with Gasteiger partial charge in [-0.25, -0.2) is 10.5 Å². The number of aromatic nitrogens is 3. The topological polar surface area (TPSA) is 123 Å². The van der Waals surface area contributed by atoms with E-state index in [4.69, 9.17) is 5.84 Å². The van der Waals surface area contributed by atoms with E-state index in [1.54, 1.807) is 0 Å². The number of hydrogen-bond acceptors (Lipinski definition) is 6. The minimum Gasteiger partial charge on any atom is -0.289 e. The fourth-order valence-electron chi connectivity index (χ4n) is 1.66. The lowest BCUT2D eigenvalue weighted by atomic mass is 10.4. The number of rotatable bonds is 4. The second-order valence-electron chi connectivity index (χ2n) is 3.78. The second kappa shape index (κ2) is 4.92. The molecule has 0 aliphatic carbocycles. The van der Waals surface area contributed by atoms with Crippen LogP contribution in [0.1, 0.15) is 23.3 Å². The first kappa shape index (κ1) is 12.2. The fraction of sp³-hybridized carbons (Fsp3) is 0.444. The molecule has 1 aliphatic rings. The van der Waals surface area contributed by atoms with Crippen molar-refractivity contribution in [3.63, 3.8) is 0 Å². The molecule has 9 heteroatoms. The highest BCUT2D eigenvalue weighted by atomic mass is 16.2. The minimum atomic E-state index is -0.547. The number of nitrogens with one attached hydrogen (secondary N) is 1. The lowest BCUT2D eigenvalue weighted by Gasteiger charge is -2.12. The molecule has 1 fully saturated rings. The Kier molecular flexibility index (Phi) is 3.33. The monoisotopic (exact) mass is 252 g/mol. The van der Waals surface area contributed by atoms with Crippen molar-refractivity contribution in [2.45, 2.75) is 19.4 Å². The minimum absolute atomic E-state index is 0.0802. The van der Waals surface area contributed by atoms with Gasteiger partial charge in [0.15, 0.2) is 5.69 Å². The summed E-state index contributed by atoms with van der Waals surface area (Å²) in [6, 6.07) is 0. The van der Waals surface area contributed by atoms with Crippen LogP contribution < -0.4 is 11.3 Å². The van der Waals surface area contributed by atoms with E-state index in [0.29, 0.717) is 6.54 Å². The molecule has 1 aliphatic heterocycles. The predicted octanol–water partition coefficient (Wildman–Crippen LogP) is -1.97. The van der Waals surface area contributed by atoms with E-state index in [2.05, 4.69) is 10.3 Å². The molecule has 2 heterocycles. The molecule has 3 N–H and O–H groups in total. The van der Waals surface area contributed by atoms with Crippen molar-refractivity contribution in [3.05, 3.63) is 11.9 Å². The van der Waals surface area contributed by atoms with Crippen LogP contribution in [0.25, 0.3) is 0 Å². The van der Waals surface area contributed by atoms with Crippen molar-refractivity contribution in [1.29, 1.82) is 0 Å². The summed E-state index contributed by atoms with van der Waals surface area (Å²) in [6.45, 7) is 0.521. The van der Waals surface area contributed by atoms with Crippen molar-refractivity contribution >= 4 is 17.7 Å². The molecule has 1 aromatic rings. The van der Waals surface area contributed by atoms with Crippen LogP contribution in [0.5, 0.6) is 0 Å². The van der Waals surface area contributed by atoms with E-state index in [9.17, 15) is 14.4 Å². The molecule has 18 heavy (non-hydrogen) atoms. The van der Waals surface area contributed by atoms with Gasteiger partial charge < -0.3 is 0 Å². The van der Waals surface area contributed by atoms with Crippen molar-refractivity contribution in [2.75, 3.05) is 6.54 Å². The third kappa shape index (κ3) is 2.35. The van der Waals surface area contributed by atoms with E-state index in [0.717, 1.165) is 0 Å². The molecule has 0 aromatic carbocycles. The molecule has 2 rings (SSSR count). The maximum Gasteiger partial charge on any atom is 0.287 e. The number of hydrazine groups is 1. The molecule has 0 spiro atoms. The number of nitrogens with two attached hydrogens (primary N) is 1. The van der Waals surface area contributed by atoms with Crippen LogP contribution >= 0.6 is 0 Å². The van der Waals surface area contributed by atoms with Gasteiger partial charge in [-0.15, -0.1) is 5.10 Å². The highest BCUT2D eigenvalue weighted by Gasteiger charge is 2.28. The van der Waals surface area contributed by atoms with E-state index >= 15 is 0 Å². The molecule has 1 saturated heterocycles. The average Bonchev–Trinajstić information content (AvgIpc) is 2.95. The van der Waals surface area contributed by atoms with Crippen LogP contribution in [0.2, 0.25) is 0 Å². The van der Waals surface area contributed by atoms with Gasteiger partial charge in [0.1, 0.15) is 0 Å². The summed E-state index contributed by atoms with van der Waals surface area (Å²) in [4.78, 5) is 35.0. The van der Waals surface area contributed by atoms with Crippen LogP contribution in [0, 0.1) is 0 Å². The first-order chi connectivity index (χ1) is 8.61. The Morgan fingerprint density at radius 1 is 1.33 bits per heavy atom. The molecule has 9 nitrogen and oxygen atoms in total. The van der Waals surface area contributed by atoms with Gasteiger partial charge in [-0.2, -0.15) is 0 Å². The van der Waals surface area contributed by atoms with Gasteiger partial charge in [-0.3, -0.25) is 24.7 Å². The van der Waals surface area contributed by atoms with Gasteiger partial charge >= 0.3 is 0 Å². The summed E-state index contributed by atoms with van der Waals surface area (Å²) in [5.74, 6) is 4.04. The molecule has 1 aromatic heterocycles. The van der Waals surface area contributed by atoms with Gasteiger partial charge in [0.25, 0.3) is 5.91 Å². The van der Waals surface area contributed by atoms with Crippen molar-refractivity contribution < 1.29 is 14.4 Å². The molecular formula is C9H12N6O3. The third-order valence-corrected chi connectivity index (χ3v) is 2.61. The van der Waals surface area contributed by atoms with Crippen LogP contribution in [-0.2, 0) is 16.1 Å². The Morgan fingerprint density at radius 3 is 2.61 bits per heavy atom. The highest BCUT2D eigenvalue weighted by molar-refractivity contribution is 6.01. The number of hydrogen-bond donors (Lipinski definition) is 2. The summed E-state index contributed by atoms with van der Waals surface area (Å²) in [5.41, 5.74) is 2.01. The van der Waals surface area contributed by atoms with Crippen LogP contribution in [0.4, 0.5) is 0 Å². The molecular weight excluding hydrogens is 240 g/mol. The summed E-state index contributed by atoms with van der Waals surface area (Å²) in [6.07, 6.45) is 1.92. The van der Waals surface area contributed by atoms with Gasteiger partial charge in [0.2, 0.25) is 11.8 Å². The molecule has 0 bridgehead atoms. The molecule has 0 radical (unpaired) electrons. The van der Waals surface area contributed by atoms with Crippen LogP contribution in [-0.4, -0.2) is 44.2 Å². The number of carbonyl (C=O) groups excluding carboxylic acids is 3. The van der Waals surface area contributed by atoms with E-state index in [1.165, 1.54) is 15.8 Å². The summed E-state index contributed by atoms with van der Waals surface area (Å²) in [7, 11) is 0. The maximum atomic E-state index is 11.3. The Hall–Kier alpha value is -2.29. The quantitative estimate of drug-likeness (QED) is 0.277. The van der Waals surface area contributed by atoms with E-state index in [-0.39, 0.29) is 36.9 Å². The van der Waals surface area contributed by atoms with Gasteiger partial charge in [0.05, 0.1) is 12.7 Å². The SMILES string of the molecule is NNC(=O)c1cn(CCN2C(=O)CCC2=O)nn1. The maximum absolute atomic E-state index is 11.3. The van der Waals surface area contributed by atoms with Crippen molar-refractivity contribution in [3.8, 4) is 0 Å². The summed E-state index contributed by atoms with van der Waals surface area (Å²) < 4.78 is 1.38. The summed E-state index contributed by atoms with van der Waals surface area (Å²) >= 11 is 0. The number of nitrogen functional groups attached to an aromatic ring is 1. The molecule has 3 amide bonds. The van der Waals surface area contributed by atoms with Gasteiger partial charge in [-0.05, 0) is 0 Å². The second-order valence-corrected chi connectivity index (χ2v) is 3.78. The number of nitrogens with zero attached hydrogens (tertiary/aromatic N) is 4. The van der Waals surface area contributed by atoms with E-state index in [1.807, 2.05) is 5.43 Å². The molecule has 0 saturated carbocycles. The Labute approximate surface area is 102 Å². The first-order valence-corrected chi connectivity index (χ1v) is 5.36. The number of imide groups is 1. The Morgan fingerprint density at radius 2 is 2.00 bits per heavy atom. The van der Waals surface area contributed by atoms with E-state index < -0.39 is 5.91 Å². The number of carbonyl (C=O) groups is 3. The lowest BCUT2D eigenvalue weighted by molar-refractivity contribution is -0.138. The first-order valence-electron chi connectivity index (χ1n) is 5.36. The molecule has 96 valence electrons. The van der Waals surface area contributed by atoms with Crippen LogP contribution in [0.15, 0.2) is 6.20 Å². The average molecular weight is 252 g/mol. The largest absolute Gasteiger partial charge is 0.289 e. The standard InChI is InChI=1S/C9H12N6O3/c10-11-9(18)6-5-14(13-12-6)3-4-15-7(16)1-2-8(15)17/h5H,1-4,10H2,(H,11,18). The third-order valence-electron chi connectivity index (χ3n) is 2.61. The van der Waals surface area contributed by atoms with Crippen molar-refractivity contribution in [2.24, 2.45) is 5.84 Å². The fourth-order valence-corrected chi connectivity index (χ4v) is 1.66. The van der Waals surface area contributed by atoms with Crippen molar-refractivity contribution in [1.82, 2.24) is 25.3 Å². The Bertz CT molecular complexity index is 480. The molecule has 0 unspecified atom stereocenters. The summed E-state index contributed by atoms with van der Waals surface area (Å²) in [5, 5.41) is 7.30. The van der Waals surface area contributed by atoms with Gasteiger partial charge in [-0.1, -0.05) is 5.21 Å². The van der Waals surface area contributed by atoms with Crippen LogP contribution in [0.3, 0.4) is 0 Å². The highest BCUT2D eigenvalue weighted by Crippen LogP contribution is 2.11. The normalized spacial score (nSPS) is 15.3. The molecule has 0 atom stereocenters. The number of likely N-dealkylation sites (tertiary alicyclic amines) is 1. The van der Waals surface area contributed by atoms with Gasteiger partial charge in [0, 0.05) is 19.4 Å².